The van der Waals surface area contributed by atoms with Gasteiger partial charge in [-0.05, 0) is 63.1 Å². The van der Waals surface area contributed by atoms with Crippen LogP contribution in [0, 0.1) is 11.8 Å². The second-order valence-electron chi connectivity index (χ2n) is 10.0. The van der Waals surface area contributed by atoms with E-state index >= 15 is 0 Å². The van der Waals surface area contributed by atoms with Gasteiger partial charge < -0.3 is 21.1 Å². The van der Waals surface area contributed by atoms with E-state index in [1.165, 1.54) is 39.3 Å². The van der Waals surface area contributed by atoms with E-state index in [2.05, 4.69) is 25.9 Å². The summed E-state index contributed by atoms with van der Waals surface area (Å²) in [6, 6.07) is 8.10. The van der Waals surface area contributed by atoms with Gasteiger partial charge >= 0.3 is 0 Å². The van der Waals surface area contributed by atoms with Crippen molar-refractivity contribution in [2.75, 3.05) is 17.2 Å². The van der Waals surface area contributed by atoms with Crippen LogP contribution < -0.4 is 16.0 Å². The van der Waals surface area contributed by atoms with E-state index in [1.807, 2.05) is 29.8 Å². The Morgan fingerprint density at radius 1 is 1.26 bits per heavy atom. The molecule has 1 amide bonds. The van der Waals surface area contributed by atoms with Gasteiger partial charge in [0.1, 0.15) is 12.0 Å². The number of fused-ring (bicyclic) bond motifs is 3. The lowest BCUT2D eigenvalue weighted by Gasteiger charge is -2.26. The topological polar surface area (TPSA) is 99.2 Å². The average molecular weight is 484 g/mol. The van der Waals surface area contributed by atoms with Gasteiger partial charge in [-0.2, -0.15) is 0 Å². The van der Waals surface area contributed by atoms with Gasteiger partial charge in [-0.25, -0.2) is 14.4 Å². The summed E-state index contributed by atoms with van der Waals surface area (Å²) in [7, 11) is 0. The van der Waals surface area contributed by atoms with Crippen LogP contribution in [-0.4, -0.2) is 45.3 Å². The second kappa shape index (κ2) is 9.11. The molecule has 4 unspecified atom stereocenters. The average Bonchev–Trinajstić information content (AvgIpc) is 3.53. The number of anilines is 3. The number of carbonyl (C=O) groups is 1. The predicted molar refractivity (Wildman–Crippen MR) is 134 cm³/mol. The molecular weight excluding hydrogens is 453 g/mol. The van der Waals surface area contributed by atoms with E-state index in [0.29, 0.717) is 29.0 Å². The standard InChI is InChI=1S/C25H30FN5O2S/c1-25(2,33)22(26)12-28-24(32)17-11-27-23(30-16-5-6-18-21(9-16)34-13-29-18)10-20(17)31-19-8-14-3-4-15(19)7-14/h5-6,9-11,13-15,19,22,33H,3-4,7-8,12H2,1-2H3,(H,28,32)(H2,27,30,31). The lowest BCUT2D eigenvalue weighted by Crippen LogP contribution is -2.42. The summed E-state index contributed by atoms with van der Waals surface area (Å²) >= 11 is 1.57. The number of halogens is 1. The monoisotopic (exact) mass is 483 g/mol. The molecule has 2 aliphatic carbocycles. The van der Waals surface area contributed by atoms with Gasteiger partial charge in [0.05, 0.1) is 39.1 Å². The summed E-state index contributed by atoms with van der Waals surface area (Å²) in [5.74, 6) is 1.57. The Labute approximate surface area is 202 Å². The minimum atomic E-state index is -1.58. The van der Waals surface area contributed by atoms with Gasteiger partial charge in [0.15, 0.2) is 0 Å². The van der Waals surface area contributed by atoms with Crippen molar-refractivity contribution in [3.05, 3.63) is 41.5 Å². The first-order valence-corrected chi connectivity index (χ1v) is 12.7. The van der Waals surface area contributed by atoms with Crippen molar-refractivity contribution in [3.8, 4) is 0 Å². The Kier molecular flexibility index (Phi) is 6.16. The molecule has 2 fully saturated rings. The molecule has 4 atom stereocenters. The molecule has 9 heteroatoms. The minimum Gasteiger partial charge on any atom is -0.387 e. The number of alkyl halides is 1. The highest BCUT2D eigenvalue weighted by Gasteiger charge is 2.39. The van der Waals surface area contributed by atoms with E-state index in [-0.39, 0.29) is 6.54 Å². The number of carbonyl (C=O) groups excluding carboxylic acids is 1. The predicted octanol–water partition coefficient (Wildman–Crippen LogP) is 4.87. The second-order valence-corrected chi connectivity index (χ2v) is 10.9. The maximum Gasteiger partial charge on any atom is 0.255 e. The molecule has 5 rings (SSSR count). The fraction of sp³-hybridized carbons (Fsp3) is 0.480. The summed E-state index contributed by atoms with van der Waals surface area (Å²) in [6.45, 7) is 2.50. The lowest BCUT2D eigenvalue weighted by atomic mass is 9.95. The number of pyridine rings is 1. The van der Waals surface area contributed by atoms with E-state index in [9.17, 15) is 14.3 Å². The number of nitrogens with one attached hydrogen (secondary N) is 3. The van der Waals surface area contributed by atoms with Gasteiger partial charge in [0, 0.05) is 24.0 Å². The molecule has 2 saturated carbocycles. The number of benzene rings is 1. The Morgan fingerprint density at radius 3 is 2.85 bits per heavy atom. The maximum absolute atomic E-state index is 14.2. The molecule has 1 aromatic carbocycles. The molecule has 0 spiro atoms. The van der Waals surface area contributed by atoms with Crippen LogP contribution in [0.25, 0.3) is 10.2 Å². The van der Waals surface area contributed by atoms with Crippen LogP contribution in [0.2, 0.25) is 0 Å². The zero-order valence-corrected chi connectivity index (χ0v) is 20.2. The lowest BCUT2D eigenvalue weighted by molar-refractivity contribution is -0.00177. The van der Waals surface area contributed by atoms with Crippen molar-refractivity contribution >= 4 is 44.7 Å². The Hall–Kier alpha value is -2.78. The Balaban J connectivity index is 1.37. The van der Waals surface area contributed by atoms with Gasteiger partial charge in [-0.3, -0.25) is 4.79 Å². The molecule has 0 radical (unpaired) electrons. The number of hydrogen-bond donors (Lipinski definition) is 4. The van der Waals surface area contributed by atoms with Crippen molar-refractivity contribution in [1.82, 2.24) is 15.3 Å². The van der Waals surface area contributed by atoms with Crippen molar-refractivity contribution in [2.24, 2.45) is 11.8 Å². The number of thiazole rings is 1. The third kappa shape index (κ3) is 4.86. The smallest absolute Gasteiger partial charge is 0.255 e. The van der Waals surface area contributed by atoms with Crippen LogP contribution in [0.15, 0.2) is 36.0 Å². The molecule has 2 aliphatic rings. The van der Waals surface area contributed by atoms with Gasteiger partial charge in [0.2, 0.25) is 0 Å². The molecule has 2 bridgehead atoms. The highest BCUT2D eigenvalue weighted by Crippen LogP contribution is 2.45. The first-order valence-electron chi connectivity index (χ1n) is 11.8. The largest absolute Gasteiger partial charge is 0.387 e. The zero-order valence-electron chi connectivity index (χ0n) is 19.3. The van der Waals surface area contributed by atoms with E-state index in [0.717, 1.165) is 28.2 Å². The molecule has 7 nitrogen and oxygen atoms in total. The van der Waals surface area contributed by atoms with Crippen LogP contribution in [0.5, 0.6) is 0 Å². The summed E-state index contributed by atoms with van der Waals surface area (Å²) in [5, 5.41) is 19.4. The van der Waals surface area contributed by atoms with E-state index in [1.54, 1.807) is 11.3 Å². The zero-order chi connectivity index (χ0) is 23.9. The Morgan fingerprint density at radius 2 is 2.12 bits per heavy atom. The molecule has 180 valence electrons. The highest BCUT2D eigenvalue weighted by atomic mass is 32.1. The third-order valence-electron chi connectivity index (χ3n) is 7.04. The molecular formula is C25H30FN5O2S. The molecule has 0 aliphatic heterocycles. The van der Waals surface area contributed by atoms with Crippen molar-refractivity contribution in [2.45, 2.75) is 57.3 Å². The normalized spacial score (nSPS) is 22.6. The number of rotatable bonds is 8. The quantitative estimate of drug-likeness (QED) is 0.365. The van der Waals surface area contributed by atoms with Crippen LogP contribution in [0.3, 0.4) is 0 Å². The summed E-state index contributed by atoms with van der Waals surface area (Å²) in [6.07, 6.45) is 4.78. The molecule has 3 aromatic rings. The Bertz CT molecular complexity index is 1190. The van der Waals surface area contributed by atoms with Crippen LogP contribution >= 0.6 is 11.3 Å². The van der Waals surface area contributed by atoms with Gasteiger partial charge in [-0.15, -0.1) is 11.3 Å². The van der Waals surface area contributed by atoms with Gasteiger partial charge in [-0.1, -0.05) is 6.42 Å². The molecule has 2 aromatic heterocycles. The molecule has 0 saturated heterocycles. The first kappa shape index (κ1) is 23.0. The highest BCUT2D eigenvalue weighted by molar-refractivity contribution is 7.16. The molecule has 34 heavy (non-hydrogen) atoms. The summed E-state index contributed by atoms with van der Waals surface area (Å²) < 4.78 is 15.3. The summed E-state index contributed by atoms with van der Waals surface area (Å²) in [5.41, 5.74) is 3.18. The fourth-order valence-electron chi connectivity index (χ4n) is 5.05. The van der Waals surface area contributed by atoms with Crippen LogP contribution in [0.1, 0.15) is 49.9 Å². The number of aromatic nitrogens is 2. The molecule has 4 N–H and O–H groups in total. The van der Waals surface area contributed by atoms with Crippen LogP contribution in [0.4, 0.5) is 21.6 Å². The minimum absolute atomic E-state index is 0.273. The third-order valence-corrected chi connectivity index (χ3v) is 7.83. The fourth-order valence-corrected chi connectivity index (χ4v) is 5.77. The van der Waals surface area contributed by atoms with Crippen molar-refractivity contribution < 1.29 is 14.3 Å². The molecule has 2 heterocycles. The summed E-state index contributed by atoms with van der Waals surface area (Å²) in [4.78, 5) is 21.7. The van der Waals surface area contributed by atoms with E-state index < -0.39 is 17.7 Å². The number of hydrogen-bond acceptors (Lipinski definition) is 7. The van der Waals surface area contributed by atoms with Gasteiger partial charge in [0.25, 0.3) is 5.91 Å². The number of aliphatic hydroxyl groups is 1. The van der Waals surface area contributed by atoms with Crippen molar-refractivity contribution in [3.63, 3.8) is 0 Å². The maximum atomic E-state index is 14.2. The van der Waals surface area contributed by atoms with E-state index in [4.69, 9.17) is 0 Å². The SMILES string of the molecule is CC(C)(O)C(F)CNC(=O)c1cnc(Nc2ccc3ncsc3c2)cc1NC1CC2CCC1C2. The van der Waals surface area contributed by atoms with Crippen LogP contribution in [-0.2, 0) is 0 Å². The van der Waals surface area contributed by atoms with Crippen molar-refractivity contribution in [1.29, 1.82) is 0 Å². The number of amides is 1. The number of nitrogens with zero attached hydrogens (tertiary/aromatic N) is 2. The first-order chi connectivity index (χ1) is 16.3.